The van der Waals surface area contributed by atoms with Crippen molar-refractivity contribution < 1.29 is 19.1 Å². The number of halogens is 1. The second kappa shape index (κ2) is 11.1. The van der Waals surface area contributed by atoms with E-state index in [9.17, 15) is 14.4 Å². The van der Waals surface area contributed by atoms with Crippen LogP contribution in [0.5, 0.6) is 0 Å². The van der Waals surface area contributed by atoms with Crippen LogP contribution in [0, 0.1) is 18.4 Å². The van der Waals surface area contributed by atoms with Gasteiger partial charge in [-0.2, -0.15) is 5.26 Å². The van der Waals surface area contributed by atoms with Crippen molar-refractivity contribution in [1.82, 2.24) is 20.9 Å². The van der Waals surface area contributed by atoms with Gasteiger partial charge in [0.05, 0.1) is 23.7 Å². The van der Waals surface area contributed by atoms with Gasteiger partial charge in [0, 0.05) is 26.4 Å². The highest BCUT2D eigenvalue weighted by Crippen LogP contribution is 2.28. The summed E-state index contributed by atoms with van der Waals surface area (Å²) >= 11 is 6.40. The van der Waals surface area contributed by atoms with Crippen molar-refractivity contribution in [3.8, 4) is 6.19 Å². The number of aldehydes is 1. The van der Waals surface area contributed by atoms with Crippen LogP contribution in [-0.2, 0) is 27.3 Å². The smallest absolute Gasteiger partial charge is 0.302 e. The van der Waals surface area contributed by atoms with Gasteiger partial charge in [0.1, 0.15) is 18.4 Å². The molecule has 0 unspecified atom stereocenters. The van der Waals surface area contributed by atoms with E-state index in [1.807, 2.05) is 13.1 Å². The van der Waals surface area contributed by atoms with Crippen LogP contribution >= 0.6 is 11.6 Å². The molecule has 0 aromatic heterocycles. The number of guanidine groups is 1. The van der Waals surface area contributed by atoms with E-state index >= 15 is 0 Å². The molecule has 10 nitrogen and oxygen atoms in total. The maximum absolute atomic E-state index is 13.0. The number of aliphatic imine (C=N–C) groups is 1. The molecule has 0 spiro atoms. The van der Waals surface area contributed by atoms with E-state index in [-0.39, 0.29) is 24.6 Å². The lowest BCUT2D eigenvalue weighted by Gasteiger charge is -2.23. The summed E-state index contributed by atoms with van der Waals surface area (Å²) in [5, 5.41) is 17.9. The Morgan fingerprint density at radius 2 is 2.30 bits per heavy atom. The molecule has 33 heavy (non-hydrogen) atoms. The Hall–Kier alpha value is -3.16. The van der Waals surface area contributed by atoms with Crippen LogP contribution in [0.1, 0.15) is 40.4 Å². The number of nitriles is 1. The predicted octanol–water partition coefficient (Wildman–Crippen LogP) is 0.656. The maximum atomic E-state index is 13.0. The third-order valence-corrected chi connectivity index (χ3v) is 6.01. The Morgan fingerprint density at radius 3 is 3.00 bits per heavy atom. The first-order valence-electron chi connectivity index (χ1n) is 10.7. The van der Waals surface area contributed by atoms with Gasteiger partial charge in [-0.3, -0.25) is 14.9 Å². The first-order chi connectivity index (χ1) is 15.8. The van der Waals surface area contributed by atoms with Gasteiger partial charge in [0.2, 0.25) is 5.96 Å². The molecule has 0 bridgehead atoms. The number of fused-ring (bicyclic) bond motifs is 1. The van der Waals surface area contributed by atoms with Crippen LogP contribution in [0.3, 0.4) is 0 Å². The largest absolute Gasteiger partial charge is 0.461 e. The Kier molecular flexibility index (Phi) is 8.25. The zero-order valence-electron chi connectivity index (χ0n) is 18.6. The third kappa shape index (κ3) is 6.00. The van der Waals surface area contributed by atoms with Crippen molar-refractivity contribution in [3.63, 3.8) is 0 Å². The molecule has 2 heterocycles. The molecule has 1 aromatic rings. The molecule has 2 aliphatic rings. The van der Waals surface area contributed by atoms with Crippen molar-refractivity contribution in [3.05, 3.63) is 33.3 Å². The van der Waals surface area contributed by atoms with Gasteiger partial charge in [-0.15, -0.1) is 0 Å². The number of carbonyl (C=O) groups excluding carboxylic acids is 3. The number of likely N-dealkylation sites (tertiary alicyclic amines) is 1. The summed E-state index contributed by atoms with van der Waals surface area (Å²) in [7, 11) is 0. The summed E-state index contributed by atoms with van der Waals surface area (Å²) in [6.07, 6.45) is 3.53. The first-order valence-corrected chi connectivity index (χ1v) is 11.1. The van der Waals surface area contributed by atoms with Gasteiger partial charge in [0.25, 0.3) is 5.91 Å². The van der Waals surface area contributed by atoms with Gasteiger partial charge >= 0.3 is 5.97 Å². The number of benzene rings is 1. The fraction of sp³-hybridized carbons (Fsp3) is 0.500. The number of rotatable bonds is 6. The lowest BCUT2D eigenvalue weighted by molar-refractivity contribution is -0.145. The third-order valence-electron chi connectivity index (χ3n) is 5.71. The van der Waals surface area contributed by atoms with Crippen molar-refractivity contribution in [1.29, 1.82) is 5.26 Å². The predicted molar refractivity (Wildman–Crippen MR) is 122 cm³/mol. The first kappa shape index (κ1) is 24.5. The van der Waals surface area contributed by atoms with Crippen molar-refractivity contribution in [2.45, 2.75) is 45.4 Å². The number of ether oxygens (including phenoxy) is 1. The highest BCUT2D eigenvalue weighted by Gasteiger charge is 2.28. The number of hydrogen-bond acceptors (Lipinski definition) is 7. The minimum Gasteiger partial charge on any atom is -0.461 e. The van der Waals surface area contributed by atoms with E-state index in [0.29, 0.717) is 42.9 Å². The number of amides is 1. The second-order valence-electron chi connectivity index (χ2n) is 8.01. The Labute approximate surface area is 197 Å². The van der Waals surface area contributed by atoms with Gasteiger partial charge < -0.3 is 25.1 Å². The Balaban J connectivity index is 1.70. The molecule has 1 amide bonds. The highest BCUT2D eigenvalue weighted by atomic mass is 35.5. The standard InChI is InChI=1S/C22H27ClN6O4/c1-13-18-3-5-25-8-15(18)7-19(23)20(13)21(32)28-16(11-30)9-26-22(27-12-24)29-6-4-17(10-29)33-14(2)31/h7,11,16-17,25H,3-6,8-10H2,1-2H3,(H,26,27)(H,28,32)/t16-,17-/m0/s1. The number of esters is 1. The summed E-state index contributed by atoms with van der Waals surface area (Å²) in [5.41, 5.74) is 3.33. The summed E-state index contributed by atoms with van der Waals surface area (Å²) in [5.74, 6) is -0.564. The number of hydrogen-bond donors (Lipinski definition) is 3. The quantitative estimate of drug-likeness (QED) is 0.136. The van der Waals surface area contributed by atoms with E-state index in [2.05, 4.69) is 20.9 Å². The molecule has 3 rings (SSSR count). The minimum atomic E-state index is -0.909. The highest BCUT2D eigenvalue weighted by molar-refractivity contribution is 6.34. The molecule has 0 saturated carbocycles. The van der Waals surface area contributed by atoms with Gasteiger partial charge in [0.15, 0.2) is 6.19 Å². The average Bonchev–Trinajstić information content (AvgIpc) is 3.23. The molecule has 0 aliphatic carbocycles. The summed E-state index contributed by atoms with van der Waals surface area (Å²) in [6.45, 7) is 5.57. The average molecular weight is 475 g/mol. The van der Waals surface area contributed by atoms with E-state index < -0.39 is 11.9 Å². The fourth-order valence-electron chi connectivity index (χ4n) is 4.17. The fourth-order valence-corrected chi connectivity index (χ4v) is 4.53. The Morgan fingerprint density at radius 1 is 1.52 bits per heavy atom. The topological polar surface area (TPSA) is 136 Å². The van der Waals surface area contributed by atoms with E-state index in [1.54, 1.807) is 11.0 Å². The summed E-state index contributed by atoms with van der Waals surface area (Å²) < 4.78 is 5.20. The molecule has 1 fully saturated rings. The van der Waals surface area contributed by atoms with Crippen LogP contribution in [0.4, 0.5) is 0 Å². The van der Waals surface area contributed by atoms with Crippen molar-refractivity contribution >= 4 is 35.7 Å². The molecular formula is C22H27ClN6O4. The maximum Gasteiger partial charge on any atom is 0.302 e. The van der Waals surface area contributed by atoms with Crippen LogP contribution in [0.15, 0.2) is 11.1 Å². The lowest BCUT2D eigenvalue weighted by Crippen LogP contribution is -2.42. The molecule has 11 heteroatoms. The molecule has 176 valence electrons. The number of nitrogens with zero attached hydrogens (tertiary/aromatic N) is 3. The molecule has 0 radical (unpaired) electrons. The van der Waals surface area contributed by atoms with Crippen LogP contribution in [-0.4, -0.2) is 67.3 Å². The monoisotopic (exact) mass is 474 g/mol. The van der Waals surface area contributed by atoms with Crippen LogP contribution in [0.25, 0.3) is 0 Å². The summed E-state index contributed by atoms with van der Waals surface area (Å²) in [6, 6.07) is 0.883. The van der Waals surface area contributed by atoms with Crippen molar-refractivity contribution in [2.75, 3.05) is 26.2 Å². The molecule has 3 N–H and O–H groups in total. The van der Waals surface area contributed by atoms with Gasteiger partial charge in [-0.1, -0.05) is 11.6 Å². The van der Waals surface area contributed by atoms with Gasteiger partial charge in [-0.05, 0) is 42.6 Å². The zero-order valence-corrected chi connectivity index (χ0v) is 19.4. The Bertz CT molecular complexity index is 1010. The summed E-state index contributed by atoms with van der Waals surface area (Å²) in [4.78, 5) is 41.9. The number of nitrogens with one attached hydrogen (secondary N) is 3. The SMILES string of the molecule is CC(=O)O[C@H]1CCN(C(=NC[C@@H](C=O)NC(=O)c2c(Cl)cc3c(c2C)CCNC3)NC#N)C1. The van der Waals surface area contributed by atoms with Crippen molar-refractivity contribution in [2.24, 2.45) is 4.99 Å². The van der Waals surface area contributed by atoms with E-state index in [0.717, 1.165) is 29.7 Å². The molecule has 2 atom stereocenters. The van der Waals surface area contributed by atoms with E-state index in [4.69, 9.17) is 21.6 Å². The van der Waals surface area contributed by atoms with Gasteiger partial charge in [-0.25, -0.2) is 4.99 Å². The molecule has 1 saturated heterocycles. The molecule has 2 aliphatic heterocycles. The normalized spacial score (nSPS) is 18.7. The number of carbonyl (C=O) groups is 3. The minimum absolute atomic E-state index is 0.0699. The molecule has 1 aromatic carbocycles. The molecular weight excluding hydrogens is 448 g/mol. The second-order valence-corrected chi connectivity index (χ2v) is 8.41. The van der Waals surface area contributed by atoms with Crippen LogP contribution in [0.2, 0.25) is 5.02 Å². The lowest BCUT2D eigenvalue weighted by atomic mass is 9.92. The van der Waals surface area contributed by atoms with Crippen LogP contribution < -0.4 is 16.0 Å². The van der Waals surface area contributed by atoms with E-state index in [1.165, 1.54) is 6.92 Å². The zero-order chi connectivity index (χ0) is 24.0.